The first kappa shape index (κ1) is 20.2. The number of nitrogens with one attached hydrogen (secondary N) is 1. The van der Waals surface area contributed by atoms with Crippen molar-refractivity contribution in [1.29, 1.82) is 5.26 Å². The van der Waals surface area contributed by atoms with Crippen LogP contribution in [0.5, 0.6) is 0 Å². The number of para-hydroxylation sites is 1. The third-order valence-corrected chi connectivity index (χ3v) is 5.08. The lowest BCUT2D eigenvalue weighted by Gasteiger charge is -2.07. The molecule has 2 aromatic carbocycles. The molecule has 1 N–H and O–H groups in total. The zero-order valence-corrected chi connectivity index (χ0v) is 17.1. The van der Waals surface area contributed by atoms with Gasteiger partial charge in [0.2, 0.25) is 5.91 Å². The quantitative estimate of drug-likeness (QED) is 0.445. The van der Waals surface area contributed by atoms with Crippen LogP contribution in [0.1, 0.15) is 23.1 Å². The molecule has 31 heavy (non-hydrogen) atoms. The average Bonchev–Trinajstić information content (AvgIpc) is 3.43. The molecule has 0 atom stereocenters. The molecule has 0 aliphatic rings. The van der Waals surface area contributed by atoms with E-state index in [9.17, 15) is 4.79 Å². The van der Waals surface area contributed by atoms with Gasteiger partial charge in [-0.15, -0.1) is 0 Å². The Morgan fingerprint density at radius 1 is 1.16 bits per heavy atom. The number of hydrogen-bond acceptors (Lipinski definition) is 3. The molecule has 0 bridgehead atoms. The number of carbonyl (C=O) groups is 1. The van der Waals surface area contributed by atoms with Gasteiger partial charge < -0.3 is 14.5 Å². The van der Waals surface area contributed by atoms with Gasteiger partial charge in [0.1, 0.15) is 0 Å². The van der Waals surface area contributed by atoms with Gasteiger partial charge in [0, 0.05) is 60.8 Å². The van der Waals surface area contributed by atoms with E-state index in [0.717, 1.165) is 34.1 Å². The molecule has 0 fully saturated rings. The smallest absolute Gasteiger partial charge is 0.244 e. The summed E-state index contributed by atoms with van der Waals surface area (Å²) >= 11 is 0. The molecule has 154 valence electrons. The number of aromatic nitrogens is 3. The second-order valence-corrected chi connectivity index (χ2v) is 7.31. The molecular formula is C25H23N5O. The standard InChI is InChI=1S/C25H23N5O/c26-11-4-13-30-18-22(23-7-1-2-8-24(23)30)9-10-25(31)28-16-20-5-3-6-21(15-20)17-29-14-12-27-19-29/h1-3,5-10,12,14-15,18-19H,4,13,16-17H2,(H,28,31)/b10-9+. The van der Waals surface area contributed by atoms with Gasteiger partial charge in [-0.25, -0.2) is 4.98 Å². The van der Waals surface area contributed by atoms with E-state index in [1.54, 1.807) is 18.6 Å². The molecule has 1 amide bonds. The molecule has 0 saturated heterocycles. The van der Waals surface area contributed by atoms with Crippen LogP contribution in [0.3, 0.4) is 0 Å². The fraction of sp³-hybridized carbons (Fsp3) is 0.160. The van der Waals surface area contributed by atoms with Crippen molar-refractivity contribution in [2.45, 2.75) is 26.1 Å². The predicted molar refractivity (Wildman–Crippen MR) is 121 cm³/mol. The van der Waals surface area contributed by atoms with E-state index in [1.165, 1.54) is 0 Å². The summed E-state index contributed by atoms with van der Waals surface area (Å²) in [5, 5.41) is 12.9. The largest absolute Gasteiger partial charge is 0.348 e. The summed E-state index contributed by atoms with van der Waals surface area (Å²) in [7, 11) is 0. The monoisotopic (exact) mass is 409 g/mol. The van der Waals surface area contributed by atoms with Crippen LogP contribution < -0.4 is 5.32 Å². The number of fused-ring (bicyclic) bond motifs is 1. The number of aryl methyl sites for hydroxylation is 1. The van der Waals surface area contributed by atoms with Gasteiger partial charge in [0.05, 0.1) is 18.8 Å². The number of imidazole rings is 1. The maximum absolute atomic E-state index is 12.4. The number of benzene rings is 2. The maximum Gasteiger partial charge on any atom is 0.244 e. The minimum absolute atomic E-state index is 0.145. The zero-order chi connectivity index (χ0) is 21.5. The lowest BCUT2D eigenvalue weighted by atomic mass is 10.1. The highest BCUT2D eigenvalue weighted by molar-refractivity contribution is 5.96. The predicted octanol–water partition coefficient (Wildman–Crippen LogP) is 4.13. The Balaban J connectivity index is 1.40. The normalized spacial score (nSPS) is 11.1. The second-order valence-electron chi connectivity index (χ2n) is 7.31. The van der Waals surface area contributed by atoms with E-state index in [4.69, 9.17) is 5.26 Å². The SMILES string of the molecule is N#CCCn1cc(/C=C/C(=O)NCc2cccc(Cn3ccnc3)c2)c2ccccc21. The summed E-state index contributed by atoms with van der Waals surface area (Å²) in [4.78, 5) is 16.4. The number of nitrogens with zero attached hydrogens (tertiary/aromatic N) is 4. The van der Waals surface area contributed by atoms with Crippen LogP contribution in [0.4, 0.5) is 0 Å². The Kier molecular flexibility index (Phi) is 6.24. The summed E-state index contributed by atoms with van der Waals surface area (Å²) in [6.07, 6.45) is 11.3. The highest BCUT2D eigenvalue weighted by atomic mass is 16.1. The van der Waals surface area contributed by atoms with Crippen LogP contribution in [0.2, 0.25) is 0 Å². The van der Waals surface area contributed by atoms with Gasteiger partial charge in [-0.3, -0.25) is 4.79 Å². The summed E-state index contributed by atoms with van der Waals surface area (Å²) in [5.74, 6) is -0.145. The van der Waals surface area contributed by atoms with Crippen molar-refractivity contribution in [3.8, 4) is 6.07 Å². The van der Waals surface area contributed by atoms with Crippen molar-refractivity contribution < 1.29 is 4.79 Å². The Morgan fingerprint density at radius 2 is 2.03 bits per heavy atom. The van der Waals surface area contributed by atoms with E-state index in [1.807, 2.05) is 59.4 Å². The lowest BCUT2D eigenvalue weighted by Crippen LogP contribution is -2.20. The topological polar surface area (TPSA) is 75.6 Å². The second kappa shape index (κ2) is 9.59. The number of amides is 1. The molecular weight excluding hydrogens is 386 g/mol. The molecule has 0 spiro atoms. The molecule has 0 aliphatic carbocycles. The minimum atomic E-state index is -0.145. The van der Waals surface area contributed by atoms with Crippen molar-refractivity contribution in [1.82, 2.24) is 19.4 Å². The first-order valence-corrected chi connectivity index (χ1v) is 10.2. The highest BCUT2D eigenvalue weighted by Crippen LogP contribution is 2.22. The van der Waals surface area contributed by atoms with Crippen molar-refractivity contribution in [3.63, 3.8) is 0 Å². The molecule has 4 rings (SSSR count). The number of rotatable bonds is 8. The van der Waals surface area contributed by atoms with Crippen LogP contribution in [0, 0.1) is 11.3 Å². The molecule has 2 heterocycles. The molecule has 6 heteroatoms. The van der Waals surface area contributed by atoms with Crippen LogP contribution in [0.25, 0.3) is 17.0 Å². The molecule has 6 nitrogen and oxygen atoms in total. The van der Waals surface area contributed by atoms with Crippen LogP contribution in [-0.2, 0) is 24.4 Å². The molecule has 4 aromatic rings. The Morgan fingerprint density at radius 3 is 2.87 bits per heavy atom. The Hall–Kier alpha value is -4.11. The van der Waals surface area contributed by atoms with Crippen LogP contribution in [-0.4, -0.2) is 20.0 Å². The fourth-order valence-electron chi connectivity index (χ4n) is 3.61. The molecule has 0 radical (unpaired) electrons. The summed E-state index contributed by atoms with van der Waals surface area (Å²) in [6.45, 7) is 1.84. The molecule has 0 saturated carbocycles. The van der Waals surface area contributed by atoms with E-state index < -0.39 is 0 Å². The van der Waals surface area contributed by atoms with Gasteiger partial charge >= 0.3 is 0 Å². The Labute approximate surface area is 181 Å². The average molecular weight is 409 g/mol. The maximum atomic E-state index is 12.4. The Bertz CT molecular complexity index is 1240. The van der Waals surface area contributed by atoms with Crippen molar-refractivity contribution in [3.05, 3.63) is 96.2 Å². The van der Waals surface area contributed by atoms with Crippen LogP contribution in [0.15, 0.2) is 79.5 Å². The van der Waals surface area contributed by atoms with Crippen molar-refractivity contribution >= 4 is 22.9 Å². The van der Waals surface area contributed by atoms with Gasteiger partial charge in [0.25, 0.3) is 0 Å². The third kappa shape index (κ3) is 5.09. The first-order valence-electron chi connectivity index (χ1n) is 10.2. The number of nitriles is 1. The number of hydrogen-bond donors (Lipinski definition) is 1. The minimum Gasteiger partial charge on any atom is -0.348 e. The lowest BCUT2D eigenvalue weighted by molar-refractivity contribution is -0.116. The number of carbonyl (C=O) groups excluding carboxylic acids is 1. The van der Waals surface area contributed by atoms with Crippen molar-refractivity contribution in [2.24, 2.45) is 0 Å². The van der Waals surface area contributed by atoms with Crippen molar-refractivity contribution in [2.75, 3.05) is 0 Å². The molecule has 0 aliphatic heterocycles. The van der Waals surface area contributed by atoms with E-state index in [0.29, 0.717) is 19.5 Å². The van der Waals surface area contributed by atoms with Gasteiger partial charge in [0.15, 0.2) is 0 Å². The summed E-state index contributed by atoms with van der Waals surface area (Å²) < 4.78 is 4.06. The molecule has 0 unspecified atom stereocenters. The fourth-order valence-corrected chi connectivity index (χ4v) is 3.61. The summed E-state index contributed by atoms with van der Waals surface area (Å²) in [6, 6.07) is 18.4. The van der Waals surface area contributed by atoms with Gasteiger partial charge in [-0.05, 0) is 23.3 Å². The summed E-state index contributed by atoms with van der Waals surface area (Å²) in [5.41, 5.74) is 4.23. The zero-order valence-electron chi connectivity index (χ0n) is 17.1. The molecule has 2 aromatic heterocycles. The third-order valence-electron chi connectivity index (χ3n) is 5.08. The van der Waals surface area contributed by atoms with Gasteiger partial charge in [-0.2, -0.15) is 5.26 Å². The highest BCUT2D eigenvalue weighted by Gasteiger charge is 2.06. The van der Waals surface area contributed by atoms with Crippen LogP contribution >= 0.6 is 0 Å². The first-order chi connectivity index (χ1) is 15.2. The van der Waals surface area contributed by atoms with Gasteiger partial charge in [-0.1, -0.05) is 42.5 Å². The van der Waals surface area contributed by atoms with E-state index >= 15 is 0 Å². The van der Waals surface area contributed by atoms with E-state index in [2.05, 4.69) is 33.1 Å². The van der Waals surface area contributed by atoms with E-state index in [-0.39, 0.29) is 5.91 Å².